The summed E-state index contributed by atoms with van der Waals surface area (Å²) in [7, 11) is 0. The Kier molecular flexibility index (Phi) is 5.99. The molecule has 0 atom stereocenters. The number of hydrogen-bond donors (Lipinski definition) is 3. The highest BCUT2D eigenvalue weighted by molar-refractivity contribution is 5.89. The molecule has 0 saturated carbocycles. The largest absolute Gasteiger partial charge is 0.489 e. The Labute approximate surface area is 176 Å². The summed E-state index contributed by atoms with van der Waals surface area (Å²) < 4.78 is 5.90. The third-order valence-electron chi connectivity index (χ3n) is 4.98. The Morgan fingerprint density at radius 1 is 1.00 bits per heavy atom. The van der Waals surface area contributed by atoms with Crippen molar-refractivity contribution in [1.82, 2.24) is 10.3 Å². The number of hydrogen-bond acceptors (Lipinski definition) is 2. The molecule has 3 aromatic carbocycles. The van der Waals surface area contributed by atoms with Crippen LogP contribution in [-0.2, 0) is 13.0 Å². The first kappa shape index (κ1) is 19.6. The van der Waals surface area contributed by atoms with Crippen molar-refractivity contribution in [2.45, 2.75) is 20.0 Å². The van der Waals surface area contributed by atoms with Crippen LogP contribution in [-0.4, -0.2) is 17.6 Å². The molecule has 5 heteroatoms. The van der Waals surface area contributed by atoms with Gasteiger partial charge in [0.25, 0.3) is 0 Å². The highest BCUT2D eigenvalue weighted by atomic mass is 16.5. The molecule has 30 heavy (non-hydrogen) atoms. The van der Waals surface area contributed by atoms with Crippen molar-refractivity contribution < 1.29 is 9.53 Å². The fourth-order valence-corrected chi connectivity index (χ4v) is 3.33. The molecule has 0 saturated heterocycles. The second-order valence-corrected chi connectivity index (χ2v) is 7.29. The highest BCUT2D eigenvalue weighted by Gasteiger charge is 2.07. The van der Waals surface area contributed by atoms with Gasteiger partial charge >= 0.3 is 6.03 Å². The van der Waals surface area contributed by atoms with E-state index in [9.17, 15) is 4.79 Å². The van der Waals surface area contributed by atoms with E-state index in [-0.39, 0.29) is 6.03 Å². The summed E-state index contributed by atoms with van der Waals surface area (Å²) in [5, 5.41) is 6.90. The summed E-state index contributed by atoms with van der Waals surface area (Å²) in [4.78, 5) is 15.4. The van der Waals surface area contributed by atoms with Crippen LogP contribution in [0.3, 0.4) is 0 Å². The molecular formula is C25H25N3O2. The van der Waals surface area contributed by atoms with Crippen molar-refractivity contribution in [1.29, 1.82) is 0 Å². The minimum atomic E-state index is -0.199. The topological polar surface area (TPSA) is 66.2 Å². The molecule has 0 fully saturated rings. The summed E-state index contributed by atoms with van der Waals surface area (Å²) in [6.45, 7) is 3.11. The second kappa shape index (κ2) is 9.18. The Morgan fingerprint density at radius 3 is 2.60 bits per heavy atom. The molecule has 0 aliphatic rings. The van der Waals surface area contributed by atoms with E-state index in [1.54, 1.807) is 0 Å². The average Bonchev–Trinajstić information content (AvgIpc) is 3.17. The van der Waals surface area contributed by atoms with Crippen molar-refractivity contribution in [2.24, 2.45) is 0 Å². The summed E-state index contributed by atoms with van der Waals surface area (Å²) in [5.41, 5.74) is 5.27. The lowest BCUT2D eigenvalue weighted by Gasteiger charge is -2.08. The quantitative estimate of drug-likeness (QED) is 0.388. The number of amides is 2. The minimum absolute atomic E-state index is 0.199. The Hall–Kier alpha value is -3.73. The van der Waals surface area contributed by atoms with Crippen molar-refractivity contribution in [3.8, 4) is 5.75 Å². The maximum Gasteiger partial charge on any atom is 0.319 e. The zero-order valence-electron chi connectivity index (χ0n) is 16.9. The number of aromatic amines is 1. The number of carbonyl (C=O) groups is 1. The number of fused-ring (bicyclic) bond motifs is 1. The molecule has 3 N–H and O–H groups in total. The van der Waals surface area contributed by atoms with Gasteiger partial charge in [0, 0.05) is 35.4 Å². The molecule has 2 amide bonds. The number of nitrogens with one attached hydrogen (secondary N) is 3. The Morgan fingerprint density at radius 2 is 1.80 bits per heavy atom. The van der Waals surface area contributed by atoms with E-state index in [0.29, 0.717) is 13.2 Å². The van der Waals surface area contributed by atoms with E-state index >= 15 is 0 Å². The predicted octanol–water partition coefficient (Wildman–Crippen LogP) is 5.42. The van der Waals surface area contributed by atoms with Crippen molar-refractivity contribution in [3.05, 3.63) is 95.7 Å². The van der Waals surface area contributed by atoms with Gasteiger partial charge in [0.15, 0.2) is 0 Å². The monoisotopic (exact) mass is 399 g/mol. The van der Waals surface area contributed by atoms with Gasteiger partial charge in [0.1, 0.15) is 12.4 Å². The van der Waals surface area contributed by atoms with Crippen LogP contribution in [0.2, 0.25) is 0 Å². The van der Waals surface area contributed by atoms with Crippen LogP contribution in [0, 0.1) is 6.92 Å². The Bertz CT molecular complexity index is 1120. The molecule has 152 valence electrons. The molecule has 0 spiro atoms. The zero-order chi connectivity index (χ0) is 20.8. The highest BCUT2D eigenvalue weighted by Crippen LogP contribution is 2.24. The van der Waals surface area contributed by atoms with Crippen LogP contribution >= 0.6 is 0 Å². The average molecular weight is 399 g/mol. The van der Waals surface area contributed by atoms with E-state index in [2.05, 4.69) is 21.7 Å². The van der Waals surface area contributed by atoms with Gasteiger partial charge < -0.3 is 20.4 Å². The number of aromatic nitrogens is 1. The molecule has 0 unspecified atom stereocenters. The first-order valence-electron chi connectivity index (χ1n) is 10.1. The fourth-order valence-electron chi connectivity index (χ4n) is 3.33. The van der Waals surface area contributed by atoms with Crippen LogP contribution < -0.4 is 15.4 Å². The van der Waals surface area contributed by atoms with Gasteiger partial charge in [0.05, 0.1) is 0 Å². The van der Waals surface area contributed by atoms with Crippen LogP contribution in [0.5, 0.6) is 5.75 Å². The van der Waals surface area contributed by atoms with Gasteiger partial charge in [-0.15, -0.1) is 0 Å². The maximum absolute atomic E-state index is 12.1. The molecule has 4 aromatic rings. The molecular weight excluding hydrogens is 374 g/mol. The minimum Gasteiger partial charge on any atom is -0.489 e. The summed E-state index contributed by atoms with van der Waals surface area (Å²) in [6, 6.07) is 23.7. The van der Waals surface area contributed by atoms with Gasteiger partial charge in [-0.25, -0.2) is 4.79 Å². The number of aryl methyl sites for hydroxylation is 1. The molecule has 4 rings (SSSR count). The van der Waals surface area contributed by atoms with Gasteiger partial charge in [-0.3, -0.25) is 0 Å². The van der Waals surface area contributed by atoms with Gasteiger partial charge in [-0.2, -0.15) is 0 Å². The number of anilines is 1. The molecule has 0 aliphatic carbocycles. The first-order chi connectivity index (χ1) is 14.7. The van der Waals surface area contributed by atoms with Gasteiger partial charge in [0.2, 0.25) is 0 Å². The SMILES string of the molecule is Cc1ccc(NC(=O)NCCc2c[nH]c3cc(OCc4ccccc4)ccc23)cc1. The standard InChI is InChI=1S/C25H25N3O2/c1-18-7-9-21(10-8-18)28-25(29)26-14-13-20-16-27-24-15-22(11-12-23(20)24)30-17-19-5-3-2-4-6-19/h2-12,15-16,27H,13-14,17H2,1H3,(H2,26,28,29). The number of rotatable bonds is 7. The van der Waals surface area contributed by atoms with Crippen molar-refractivity contribution in [3.63, 3.8) is 0 Å². The lowest BCUT2D eigenvalue weighted by molar-refractivity contribution is 0.252. The van der Waals surface area contributed by atoms with E-state index in [0.717, 1.165) is 45.5 Å². The van der Waals surface area contributed by atoms with Crippen molar-refractivity contribution in [2.75, 3.05) is 11.9 Å². The summed E-state index contributed by atoms with van der Waals surface area (Å²) in [5.74, 6) is 0.829. The number of carbonyl (C=O) groups excluding carboxylic acids is 1. The Balaban J connectivity index is 1.30. The lowest BCUT2D eigenvalue weighted by Crippen LogP contribution is -2.30. The second-order valence-electron chi connectivity index (χ2n) is 7.29. The van der Waals surface area contributed by atoms with E-state index in [4.69, 9.17) is 4.74 Å². The van der Waals surface area contributed by atoms with Crippen LogP contribution in [0.15, 0.2) is 79.0 Å². The van der Waals surface area contributed by atoms with Crippen LogP contribution in [0.1, 0.15) is 16.7 Å². The van der Waals surface area contributed by atoms with Gasteiger partial charge in [-0.05, 0) is 48.7 Å². The maximum atomic E-state index is 12.1. The smallest absolute Gasteiger partial charge is 0.319 e. The van der Waals surface area contributed by atoms with Crippen molar-refractivity contribution >= 4 is 22.6 Å². The molecule has 0 radical (unpaired) electrons. The third kappa shape index (κ3) is 5.00. The van der Waals surface area contributed by atoms with Crippen LogP contribution in [0.4, 0.5) is 10.5 Å². The van der Waals surface area contributed by atoms with Crippen LogP contribution in [0.25, 0.3) is 10.9 Å². The predicted molar refractivity (Wildman–Crippen MR) is 121 cm³/mol. The molecule has 0 aliphatic heterocycles. The van der Waals surface area contributed by atoms with E-state index in [1.807, 2.05) is 79.9 Å². The molecule has 0 bridgehead atoms. The lowest BCUT2D eigenvalue weighted by atomic mass is 10.1. The van der Waals surface area contributed by atoms with E-state index < -0.39 is 0 Å². The van der Waals surface area contributed by atoms with E-state index in [1.165, 1.54) is 0 Å². The number of H-pyrrole nitrogens is 1. The fraction of sp³-hybridized carbons (Fsp3) is 0.160. The third-order valence-corrected chi connectivity index (χ3v) is 4.98. The summed E-state index contributed by atoms with van der Waals surface area (Å²) >= 11 is 0. The molecule has 1 heterocycles. The molecule has 5 nitrogen and oxygen atoms in total. The number of ether oxygens (including phenoxy) is 1. The summed E-state index contributed by atoms with van der Waals surface area (Å²) in [6.07, 6.45) is 2.73. The number of benzene rings is 3. The van der Waals surface area contributed by atoms with Gasteiger partial charge in [-0.1, -0.05) is 48.0 Å². The number of urea groups is 1. The zero-order valence-corrected chi connectivity index (χ0v) is 16.9. The molecule has 1 aromatic heterocycles. The normalized spacial score (nSPS) is 10.7. The first-order valence-corrected chi connectivity index (χ1v) is 10.1.